The van der Waals surface area contributed by atoms with Crippen molar-refractivity contribution in [1.82, 2.24) is 10.3 Å². The van der Waals surface area contributed by atoms with Crippen LogP contribution in [0.4, 0.5) is 5.82 Å². The number of anilines is 1. The van der Waals surface area contributed by atoms with Gasteiger partial charge >= 0.3 is 0 Å². The first kappa shape index (κ1) is 11.4. The smallest absolute Gasteiger partial charge is 0.126 e. The Morgan fingerprint density at radius 3 is 2.69 bits per heavy atom. The molecule has 1 aromatic heterocycles. The van der Waals surface area contributed by atoms with Gasteiger partial charge in [-0.25, -0.2) is 4.98 Å². The fourth-order valence-corrected chi connectivity index (χ4v) is 2.46. The second-order valence-electron chi connectivity index (χ2n) is 4.63. The molecule has 0 aliphatic heterocycles. The molecule has 16 heavy (non-hydrogen) atoms. The summed E-state index contributed by atoms with van der Waals surface area (Å²) in [6.45, 7) is 1.16. The highest BCUT2D eigenvalue weighted by atomic mass is 15.0. The first-order valence-electron chi connectivity index (χ1n) is 6.20. The summed E-state index contributed by atoms with van der Waals surface area (Å²) in [5.41, 5.74) is 0. The van der Waals surface area contributed by atoms with Gasteiger partial charge in [0.25, 0.3) is 0 Å². The highest BCUT2D eigenvalue weighted by Crippen LogP contribution is 2.25. The van der Waals surface area contributed by atoms with Gasteiger partial charge in [0.1, 0.15) is 5.82 Å². The van der Waals surface area contributed by atoms with Crippen molar-refractivity contribution in [3.05, 3.63) is 24.4 Å². The second kappa shape index (κ2) is 5.85. The Morgan fingerprint density at radius 2 is 2.06 bits per heavy atom. The zero-order valence-electron chi connectivity index (χ0n) is 9.95. The first-order valence-corrected chi connectivity index (χ1v) is 6.20. The molecule has 1 aliphatic carbocycles. The molecule has 0 aromatic carbocycles. The van der Waals surface area contributed by atoms with Crippen LogP contribution in [0.25, 0.3) is 0 Å². The summed E-state index contributed by atoms with van der Waals surface area (Å²) in [5, 5.41) is 6.78. The lowest BCUT2D eigenvalue weighted by Crippen LogP contribution is -2.30. The summed E-state index contributed by atoms with van der Waals surface area (Å²) in [6.07, 6.45) is 7.03. The molecule has 0 amide bonds. The molecule has 1 heterocycles. The molecule has 1 fully saturated rings. The summed E-state index contributed by atoms with van der Waals surface area (Å²) in [6, 6.07) is 6.64. The molecule has 0 bridgehead atoms. The monoisotopic (exact) mass is 219 g/mol. The number of hydrogen-bond donors (Lipinski definition) is 2. The van der Waals surface area contributed by atoms with Crippen LogP contribution in [0.1, 0.15) is 25.7 Å². The van der Waals surface area contributed by atoms with Crippen LogP contribution in [0.5, 0.6) is 0 Å². The quantitative estimate of drug-likeness (QED) is 0.815. The van der Waals surface area contributed by atoms with Gasteiger partial charge in [0.2, 0.25) is 0 Å². The van der Waals surface area contributed by atoms with E-state index in [0.717, 1.165) is 18.3 Å². The van der Waals surface area contributed by atoms with Gasteiger partial charge in [-0.3, -0.25) is 0 Å². The van der Waals surface area contributed by atoms with Crippen molar-refractivity contribution < 1.29 is 0 Å². The molecule has 0 atom stereocenters. The van der Waals surface area contributed by atoms with Crippen LogP contribution < -0.4 is 10.6 Å². The summed E-state index contributed by atoms with van der Waals surface area (Å²) in [7, 11) is 2.04. The number of nitrogens with one attached hydrogen (secondary N) is 2. The fraction of sp³-hybridized carbons (Fsp3) is 0.615. The summed E-state index contributed by atoms with van der Waals surface area (Å²) < 4.78 is 0. The maximum Gasteiger partial charge on any atom is 0.126 e. The SMILES string of the molecule is CNCC1CCC(Nc2ccccn2)CC1. The number of nitrogens with zero attached hydrogens (tertiary/aromatic N) is 1. The summed E-state index contributed by atoms with van der Waals surface area (Å²) in [5.74, 6) is 1.88. The molecular weight excluding hydrogens is 198 g/mol. The Labute approximate surface area is 97.7 Å². The van der Waals surface area contributed by atoms with E-state index >= 15 is 0 Å². The maximum absolute atomic E-state index is 4.30. The number of pyridine rings is 1. The third kappa shape index (κ3) is 3.20. The normalized spacial score (nSPS) is 25.3. The molecule has 2 N–H and O–H groups in total. The molecule has 1 saturated carbocycles. The molecule has 0 saturated heterocycles. The van der Waals surface area contributed by atoms with Gasteiger partial charge in [0.15, 0.2) is 0 Å². The van der Waals surface area contributed by atoms with Crippen LogP contribution in [0.15, 0.2) is 24.4 Å². The Hall–Kier alpha value is -1.09. The molecule has 88 valence electrons. The number of rotatable bonds is 4. The van der Waals surface area contributed by atoms with Gasteiger partial charge in [-0.05, 0) is 57.3 Å². The van der Waals surface area contributed by atoms with E-state index in [2.05, 4.69) is 15.6 Å². The lowest BCUT2D eigenvalue weighted by Gasteiger charge is -2.29. The van der Waals surface area contributed by atoms with Crippen LogP contribution in [0.2, 0.25) is 0 Å². The average Bonchev–Trinajstić information content (AvgIpc) is 2.33. The predicted octanol–water partition coefficient (Wildman–Crippen LogP) is 2.27. The van der Waals surface area contributed by atoms with E-state index in [-0.39, 0.29) is 0 Å². The van der Waals surface area contributed by atoms with E-state index in [4.69, 9.17) is 0 Å². The molecule has 3 nitrogen and oxygen atoms in total. The predicted molar refractivity (Wildman–Crippen MR) is 67.5 cm³/mol. The molecule has 0 spiro atoms. The van der Waals surface area contributed by atoms with Crippen molar-refractivity contribution in [1.29, 1.82) is 0 Å². The van der Waals surface area contributed by atoms with Gasteiger partial charge in [-0.2, -0.15) is 0 Å². The van der Waals surface area contributed by atoms with E-state index in [1.807, 2.05) is 31.4 Å². The van der Waals surface area contributed by atoms with E-state index in [9.17, 15) is 0 Å². The standard InChI is InChI=1S/C13H21N3/c1-14-10-11-5-7-12(8-6-11)16-13-4-2-3-9-15-13/h2-4,9,11-12,14H,5-8,10H2,1H3,(H,15,16). The highest BCUT2D eigenvalue weighted by molar-refractivity contribution is 5.34. The summed E-state index contributed by atoms with van der Waals surface area (Å²) in [4.78, 5) is 4.30. The van der Waals surface area contributed by atoms with Crippen molar-refractivity contribution in [2.24, 2.45) is 5.92 Å². The van der Waals surface area contributed by atoms with Crippen LogP contribution in [-0.2, 0) is 0 Å². The van der Waals surface area contributed by atoms with Crippen molar-refractivity contribution in [2.75, 3.05) is 18.9 Å². The molecule has 0 unspecified atom stereocenters. The number of hydrogen-bond acceptors (Lipinski definition) is 3. The average molecular weight is 219 g/mol. The number of aromatic nitrogens is 1. The third-order valence-electron chi connectivity index (χ3n) is 3.36. The minimum absolute atomic E-state index is 0.614. The molecule has 3 heteroatoms. The maximum atomic E-state index is 4.30. The van der Waals surface area contributed by atoms with Gasteiger partial charge in [0.05, 0.1) is 0 Å². The second-order valence-corrected chi connectivity index (χ2v) is 4.63. The zero-order valence-corrected chi connectivity index (χ0v) is 9.95. The lowest BCUT2D eigenvalue weighted by atomic mass is 9.86. The first-order chi connectivity index (χ1) is 7.88. The Balaban J connectivity index is 1.77. The molecule has 1 aliphatic rings. The largest absolute Gasteiger partial charge is 0.367 e. The zero-order chi connectivity index (χ0) is 11.2. The minimum atomic E-state index is 0.614. The highest BCUT2D eigenvalue weighted by Gasteiger charge is 2.20. The minimum Gasteiger partial charge on any atom is -0.367 e. The molecule has 0 radical (unpaired) electrons. The van der Waals surface area contributed by atoms with Crippen molar-refractivity contribution in [3.63, 3.8) is 0 Å². The molecular formula is C13H21N3. The van der Waals surface area contributed by atoms with Gasteiger partial charge in [-0.1, -0.05) is 6.07 Å². The fourth-order valence-electron chi connectivity index (χ4n) is 2.46. The van der Waals surface area contributed by atoms with Crippen LogP contribution in [0, 0.1) is 5.92 Å². The van der Waals surface area contributed by atoms with E-state index in [0.29, 0.717) is 6.04 Å². The van der Waals surface area contributed by atoms with Gasteiger partial charge < -0.3 is 10.6 Å². The van der Waals surface area contributed by atoms with Crippen molar-refractivity contribution in [2.45, 2.75) is 31.7 Å². The Bertz CT molecular complexity index is 291. The van der Waals surface area contributed by atoms with Crippen LogP contribution >= 0.6 is 0 Å². The molecule has 2 rings (SSSR count). The third-order valence-corrected chi connectivity index (χ3v) is 3.36. The van der Waals surface area contributed by atoms with Crippen molar-refractivity contribution in [3.8, 4) is 0 Å². The lowest BCUT2D eigenvalue weighted by molar-refractivity contribution is 0.331. The Kier molecular flexibility index (Phi) is 4.17. The Morgan fingerprint density at radius 1 is 1.25 bits per heavy atom. The van der Waals surface area contributed by atoms with Crippen LogP contribution in [-0.4, -0.2) is 24.6 Å². The van der Waals surface area contributed by atoms with E-state index < -0.39 is 0 Å². The van der Waals surface area contributed by atoms with Crippen molar-refractivity contribution >= 4 is 5.82 Å². The summed E-state index contributed by atoms with van der Waals surface area (Å²) >= 11 is 0. The van der Waals surface area contributed by atoms with Gasteiger partial charge in [0, 0.05) is 12.2 Å². The van der Waals surface area contributed by atoms with Gasteiger partial charge in [-0.15, -0.1) is 0 Å². The van der Waals surface area contributed by atoms with E-state index in [1.165, 1.54) is 25.7 Å². The van der Waals surface area contributed by atoms with Crippen LogP contribution in [0.3, 0.4) is 0 Å². The topological polar surface area (TPSA) is 37.0 Å². The molecule has 1 aromatic rings. The van der Waals surface area contributed by atoms with E-state index in [1.54, 1.807) is 0 Å².